The number of ether oxygens (including phenoxy) is 2. The molecule has 6 nitrogen and oxygen atoms in total. The molecule has 8 heteroatoms. The summed E-state index contributed by atoms with van der Waals surface area (Å²) in [6.45, 7) is 7.59. The number of morpholine rings is 1. The van der Waals surface area contributed by atoms with Crippen molar-refractivity contribution in [1.82, 2.24) is 15.5 Å². The standard InChI is InChI=1S/C21H34N4O2S.HI/c1-17-4-5-18(14-19(17)26-3)6-8-23-20(22-2)24-15-21(7-13-28-16-21)25-9-11-27-12-10-25;/h4-5,14H,6-13,15-16H2,1-3H3,(H2,22,23,24);1H. The monoisotopic (exact) mass is 534 g/mol. The van der Waals surface area contributed by atoms with Gasteiger partial charge in [-0.25, -0.2) is 0 Å². The second-order valence-corrected chi connectivity index (χ2v) is 8.64. The molecule has 3 rings (SSSR count). The predicted molar refractivity (Wildman–Crippen MR) is 133 cm³/mol. The molecule has 2 fully saturated rings. The molecule has 0 aromatic heterocycles. The van der Waals surface area contributed by atoms with Crippen LogP contribution in [0, 0.1) is 6.92 Å². The highest BCUT2D eigenvalue weighted by atomic mass is 127. The number of guanidine groups is 1. The molecule has 1 aromatic rings. The van der Waals surface area contributed by atoms with Crippen LogP contribution < -0.4 is 15.4 Å². The van der Waals surface area contributed by atoms with E-state index in [0.717, 1.165) is 57.5 Å². The molecule has 29 heavy (non-hydrogen) atoms. The lowest BCUT2D eigenvalue weighted by Crippen LogP contribution is -2.60. The topological polar surface area (TPSA) is 58.1 Å². The van der Waals surface area contributed by atoms with Crippen molar-refractivity contribution in [3.8, 4) is 5.75 Å². The Morgan fingerprint density at radius 3 is 2.76 bits per heavy atom. The highest BCUT2D eigenvalue weighted by Crippen LogP contribution is 2.33. The zero-order chi connectivity index (χ0) is 19.8. The summed E-state index contributed by atoms with van der Waals surface area (Å²) in [4.78, 5) is 7.04. The smallest absolute Gasteiger partial charge is 0.191 e. The molecular formula is C21H35IN4O2S. The van der Waals surface area contributed by atoms with Gasteiger partial charge in [0.25, 0.3) is 0 Å². The number of nitrogens with zero attached hydrogens (tertiary/aromatic N) is 2. The fourth-order valence-electron chi connectivity index (χ4n) is 3.95. The van der Waals surface area contributed by atoms with Gasteiger partial charge < -0.3 is 20.1 Å². The first kappa shape index (κ1) is 24.6. The number of aliphatic imine (C=N–C) groups is 1. The van der Waals surface area contributed by atoms with Gasteiger partial charge in [-0.1, -0.05) is 12.1 Å². The fraction of sp³-hybridized carbons (Fsp3) is 0.667. The number of halogens is 1. The molecule has 1 atom stereocenters. The molecule has 0 amide bonds. The predicted octanol–water partition coefficient (Wildman–Crippen LogP) is 2.54. The van der Waals surface area contributed by atoms with Crippen molar-refractivity contribution < 1.29 is 9.47 Å². The molecule has 2 aliphatic rings. The maximum absolute atomic E-state index is 5.56. The first-order chi connectivity index (χ1) is 13.7. The average Bonchev–Trinajstić information content (AvgIpc) is 3.22. The van der Waals surface area contributed by atoms with Crippen molar-refractivity contribution >= 4 is 41.7 Å². The van der Waals surface area contributed by atoms with Crippen molar-refractivity contribution in [1.29, 1.82) is 0 Å². The van der Waals surface area contributed by atoms with Crippen molar-refractivity contribution in [3.05, 3.63) is 29.3 Å². The van der Waals surface area contributed by atoms with Crippen LogP contribution in [0.15, 0.2) is 23.2 Å². The minimum Gasteiger partial charge on any atom is -0.496 e. The van der Waals surface area contributed by atoms with Crippen LogP contribution in [-0.2, 0) is 11.2 Å². The molecule has 0 spiro atoms. The zero-order valence-corrected chi connectivity index (χ0v) is 21.0. The normalized spacial score (nSPS) is 22.8. The van der Waals surface area contributed by atoms with Crippen LogP contribution in [0.1, 0.15) is 17.5 Å². The molecule has 1 aromatic carbocycles. The second-order valence-electron chi connectivity index (χ2n) is 7.53. The van der Waals surface area contributed by atoms with Crippen LogP contribution in [0.4, 0.5) is 0 Å². The van der Waals surface area contributed by atoms with E-state index in [9.17, 15) is 0 Å². The Balaban J connectivity index is 0.00000300. The first-order valence-corrected chi connectivity index (χ1v) is 11.3. The summed E-state index contributed by atoms with van der Waals surface area (Å²) in [5.41, 5.74) is 2.65. The molecule has 164 valence electrons. The number of hydrogen-bond donors (Lipinski definition) is 2. The Morgan fingerprint density at radius 2 is 2.10 bits per heavy atom. The lowest BCUT2D eigenvalue weighted by Gasteiger charge is -2.43. The summed E-state index contributed by atoms with van der Waals surface area (Å²) in [6.07, 6.45) is 2.16. The molecule has 2 heterocycles. The molecule has 0 radical (unpaired) electrons. The van der Waals surface area contributed by atoms with Gasteiger partial charge in [-0.05, 0) is 42.7 Å². The van der Waals surface area contributed by atoms with Crippen LogP contribution in [0.5, 0.6) is 5.75 Å². The molecule has 2 aliphatic heterocycles. The summed E-state index contributed by atoms with van der Waals surface area (Å²) < 4.78 is 11.0. The van der Waals surface area contributed by atoms with E-state index in [1.54, 1.807) is 7.11 Å². The van der Waals surface area contributed by atoms with Crippen molar-refractivity contribution in [2.24, 2.45) is 4.99 Å². The lowest BCUT2D eigenvalue weighted by molar-refractivity contribution is -0.0120. The maximum Gasteiger partial charge on any atom is 0.191 e. The third-order valence-electron chi connectivity index (χ3n) is 5.75. The summed E-state index contributed by atoms with van der Waals surface area (Å²) in [5, 5.41) is 7.05. The summed E-state index contributed by atoms with van der Waals surface area (Å²) in [5.74, 6) is 4.25. The summed E-state index contributed by atoms with van der Waals surface area (Å²) >= 11 is 2.06. The van der Waals surface area contributed by atoms with E-state index in [4.69, 9.17) is 9.47 Å². The summed E-state index contributed by atoms with van der Waals surface area (Å²) in [7, 11) is 3.57. The van der Waals surface area contributed by atoms with Crippen molar-refractivity contribution in [2.75, 3.05) is 65.1 Å². The number of methoxy groups -OCH3 is 1. The van der Waals surface area contributed by atoms with E-state index < -0.39 is 0 Å². The minimum absolute atomic E-state index is 0. The van der Waals surface area contributed by atoms with Crippen LogP contribution in [0.3, 0.4) is 0 Å². The largest absolute Gasteiger partial charge is 0.496 e. The number of hydrogen-bond acceptors (Lipinski definition) is 5. The first-order valence-electron chi connectivity index (χ1n) is 10.2. The zero-order valence-electron chi connectivity index (χ0n) is 17.8. The molecule has 0 bridgehead atoms. The van der Waals surface area contributed by atoms with E-state index in [2.05, 4.69) is 57.4 Å². The average molecular weight is 535 g/mol. The number of thioether (sulfide) groups is 1. The molecule has 0 saturated carbocycles. The quantitative estimate of drug-likeness (QED) is 0.319. The molecule has 2 N–H and O–H groups in total. The van der Waals surface area contributed by atoms with E-state index in [1.165, 1.54) is 29.1 Å². The van der Waals surface area contributed by atoms with Crippen molar-refractivity contribution in [3.63, 3.8) is 0 Å². The fourth-order valence-corrected chi connectivity index (χ4v) is 5.43. The Morgan fingerprint density at radius 1 is 1.31 bits per heavy atom. The third kappa shape index (κ3) is 6.63. The van der Waals surface area contributed by atoms with E-state index in [1.807, 2.05) is 7.05 Å². The highest BCUT2D eigenvalue weighted by molar-refractivity contribution is 14.0. The van der Waals surface area contributed by atoms with Gasteiger partial charge in [0.1, 0.15) is 5.75 Å². The Bertz CT molecular complexity index is 662. The SMILES string of the molecule is CN=C(NCCc1ccc(C)c(OC)c1)NCC1(N2CCOCC2)CCSC1.I. The molecule has 1 unspecified atom stereocenters. The van der Waals surface area contributed by atoms with Crippen LogP contribution in [-0.4, -0.2) is 81.5 Å². The number of aryl methyl sites for hydroxylation is 1. The number of benzene rings is 1. The van der Waals surface area contributed by atoms with E-state index >= 15 is 0 Å². The number of nitrogens with one attached hydrogen (secondary N) is 2. The van der Waals surface area contributed by atoms with Gasteiger partial charge in [0, 0.05) is 44.5 Å². The van der Waals surface area contributed by atoms with Gasteiger partial charge in [0.2, 0.25) is 0 Å². The van der Waals surface area contributed by atoms with E-state index in [0.29, 0.717) is 0 Å². The van der Waals surface area contributed by atoms with Crippen LogP contribution in [0.2, 0.25) is 0 Å². The number of rotatable bonds is 7. The Labute approximate surface area is 196 Å². The van der Waals surface area contributed by atoms with Crippen LogP contribution in [0.25, 0.3) is 0 Å². The van der Waals surface area contributed by atoms with Crippen LogP contribution >= 0.6 is 35.7 Å². The van der Waals surface area contributed by atoms with Gasteiger partial charge >= 0.3 is 0 Å². The third-order valence-corrected chi connectivity index (χ3v) is 6.99. The maximum atomic E-state index is 5.56. The molecule has 2 saturated heterocycles. The Kier molecular flexibility index (Phi) is 10.3. The summed E-state index contributed by atoms with van der Waals surface area (Å²) in [6, 6.07) is 6.40. The lowest BCUT2D eigenvalue weighted by atomic mass is 9.95. The van der Waals surface area contributed by atoms with Gasteiger partial charge in [-0.2, -0.15) is 11.8 Å². The van der Waals surface area contributed by atoms with Gasteiger partial charge in [0.05, 0.1) is 20.3 Å². The second kappa shape index (κ2) is 12.2. The minimum atomic E-state index is 0. The molecule has 0 aliphatic carbocycles. The molecular weight excluding hydrogens is 499 g/mol. The van der Waals surface area contributed by atoms with Gasteiger partial charge in [-0.15, -0.1) is 24.0 Å². The Hall–Kier alpha value is -0.710. The van der Waals surface area contributed by atoms with Crippen molar-refractivity contribution in [2.45, 2.75) is 25.3 Å². The van der Waals surface area contributed by atoms with Gasteiger partial charge in [0.15, 0.2) is 5.96 Å². The van der Waals surface area contributed by atoms with Gasteiger partial charge in [-0.3, -0.25) is 9.89 Å². The highest BCUT2D eigenvalue weighted by Gasteiger charge is 2.40. The van der Waals surface area contributed by atoms with E-state index in [-0.39, 0.29) is 29.5 Å².